The van der Waals surface area contributed by atoms with Gasteiger partial charge in [0.1, 0.15) is 12.4 Å². The number of guanidine groups is 1. The minimum Gasteiger partial charge on any atom is -0.487 e. The summed E-state index contributed by atoms with van der Waals surface area (Å²) in [5.41, 5.74) is 3.36. The van der Waals surface area contributed by atoms with Gasteiger partial charge in [-0.25, -0.2) is 0 Å². The van der Waals surface area contributed by atoms with Gasteiger partial charge in [0.25, 0.3) is 0 Å². The molecule has 0 unspecified atom stereocenters. The maximum absolute atomic E-state index is 5.90. The third-order valence-corrected chi connectivity index (χ3v) is 5.37. The number of pyridine rings is 1. The Morgan fingerprint density at radius 2 is 1.77 bits per heavy atom. The number of aliphatic imine (C=N–C) groups is 1. The van der Waals surface area contributed by atoms with E-state index in [2.05, 4.69) is 67.6 Å². The number of ether oxygens (including phenoxy) is 1. The SMILES string of the molecule is CN=C(NCc1cccc(OCc2ccccn2)c1)N1CCN(c2ccccc2)CC1. The van der Waals surface area contributed by atoms with Gasteiger partial charge in [-0.05, 0) is 42.0 Å². The van der Waals surface area contributed by atoms with Crippen molar-refractivity contribution in [2.45, 2.75) is 13.2 Å². The Kier molecular flexibility index (Phi) is 7.00. The van der Waals surface area contributed by atoms with Crippen molar-refractivity contribution < 1.29 is 4.74 Å². The summed E-state index contributed by atoms with van der Waals surface area (Å²) in [6, 6.07) is 24.6. The molecule has 6 heteroatoms. The van der Waals surface area contributed by atoms with E-state index in [0.29, 0.717) is 13.2 Å². The van der Waals surface area contributed by atoms with E-state index in [0.717, 1.165) is 49.1 Å². The maximum Gasteiger partial charge on any atom is 0.194 e. The number of benzene rings is 2. The fourth-order valence-corrected chi connectivity index (χ4v) is 3.71. The molecule has 1 aliphatic heterocycles. The summed E-state index contributed by atoms with van der Waals surface area (Å²) in [6.45, 7) is 5.03. The monoisotopic (exact) mass is 415 g/mol. The van der Waals surface area contributed by atoms with Gasteiger partial charge in [0.05, 0.1) is 5.69 Å². The molecule has 0 saturated carbocycles. The van der Waals surface area contributed by atoms with Gasteiger partial charge >= 0.3 is 0 Å². The van der Waals surface area contributed by atoms with Gasteiger partial charge in [0.15, 0.2) is 5.96 Å². The molecule has 0 aliphatic carbocycles. The van der Waals surface area contributed by atoms with Gasteiger partial charge in [0.2, 0.25) is 0 Å². The molecule has 1 N–H and O–H groups in total. The molecule has 6 nitrogen and oxygen atoms in total. The molecule has 3 aromatic rings. The third-order valence-electron chi connectivity index (χ3n) is 5.37. The minimum atomic E-state index is 0.463. The molecule has 0 amide bonds. The second-order valence-corrected chi connectivity index (χ2v) is 7.47. The fraction of sp³-hybridized carbons (Fsp3) is 0.280. The highest BCUT2D eigenvalue weighted by molar-refractivity contribution is 5.80. The van der Waals surface area contributed by atoms with E-state index in [1.54, 1.807) is 6.20 Å². The van der Waals surface area contributed by atoms with Gasteiger partial charge in [-0.15, -0.1) is 0 Å². The molecule has 31 heavy (non-hydrogen) atoms. The lowest BCUT2D eigenvalue weighted by Crippen LogP contribution is -2.52. The first-order valence-electron chi connectivity index (χ1n) is 10.7. The first kappa shape index (κ1) is 20.7. The predicted octanol–water partition coefficient (Wildman–Crippen LogP) is 3.56. The summed E-state index contributed by atoms with van der Waals surface area (Å²) < 4.78 is 5.90. The molecule has 0 atom stereocenters. The number of nitrogens with zero attached hydrogens (tertiary/aromatic N) is 4. The highest BCUT2D eigenvalue weighted by Crippen LogP contribution is 2.17. The lowest BCUT2D eigenvalue weighted by molar-refractivity contribution is 0.301. The van der Waals surface area contributed by atoms with Crippen LogP contribution in [-0.2, 0) is 13.2 Å². The molecule has 0 spiro atoms. The van der Waals surface area contributed by atoms with Crippen molar-refractivity contribution >= 4 is 11.6 Å². The zero-order valence-corrected chi connectivity index (χ0v) is 17.9. The van der Waals surface area contributed by atoms with Crippen molar-refractivity contribution in [3.63, 3.8) is 0 Å². The maximum atomic E-state index is 5.90. The second-order valence-electron chi connectivity index (χ2n) is 7.47. The molecular formula is C25H29N5O. The Bertz CT molecular complexity index is 969. The Morgan fingerprint density at radius 3 is 2.52 bits per heavy atom. The Balaban J connectivity index is 1.28. The number of aromatic nitrogens is 1. The highest BCUT2D eigenvalue weighted by atomic mass is 16.5. The molecule has 2 heterocycles. The Hall–Kier alpha value is -3.54. The van der Waals surface area contributed by atoms with Crippen molar-refractivity contribution in [2.75, 3.05) is 38.1 Å². The number of hydrogen-bond donors (Lipinski definition) is 1. The van der Waals surface area contributed by atoms with Crippen LogP contribution in [0.1, 0.15) is 11.3 Å². The first-order valence-corrected chi connectivity index (χ1v) is 10.7. The van der Waals surface area contributed by atoms with E-state index < -0.39 is 0 Å². The van der Waals surface area contributed by atoms with Crippen LogP contribution in [0.15, 0.2) is 84.0 Å². The van der Waals surface area contributed by atoms with Crippen LogP contribution in [0.5, 0.6) is 5.75 Å². The van der Waals surface area contributed by atoms with E-state index in [-0.39, 0.29) is 0 Å². The summed E-state index contributed by atoms with van der Waals surface area (Å²) in [6.07, 6.45) is 1.78. The Labute approximate surface area is 184 Å². The molecule has 0 bridgehead atoms. The van der Waals surface area contributed by atoms with Crippen LogP contribution in [0.4, 0.5) is 5.69 Å². The average Bonchev–Trinajstić information content (AvgIpc) is 2.85. The topological polar surface area (TPSA) is 53.0 Å². The van der Waals surface area contributed by atoms with Crippen molar-refractivity contribution in [1.82, 2.24) is 15.2 Å². The van der Waals surface area contributed by atoms with Crippen molar-refractivity contribution in [1.29, 1.82) is 0 Å². The van der Waals surface area contributed by atoms with E-state index in [1.807, 2.05) is 37.4 Å². The molecule has 1 aliphatic rings. The normalized spacial score (nSPS) is 14.4. The van der Waals surface area contributed by atoms with Crippen LogP contribution in [0, 0.1) is 0 Å². The molecule has 1 aromatic heterocycles. The lowest BCUT2D eigenvalue weighted by Gasteiger charge is -2.37. The molecule has 1 saturated heterocycles. The quantitative estimate of drug-likeness (QED) is 0.493. The van der Waals surface area contributed by atoms with Gasteiger partial charge in [-0.1, -0.05) is 36.4 Å². The third kappa shape index (κ3) is 5.75. The van der Waals surface area contributed by atoms with E-state index in [9.17, 15) is 0 Å². The second kappa shape index (κ2) is 10.5. The largest absolute Gasteiger partial charge is 0.487 e. The lowest BCUT2D eigenvalue weighted by atomic mass is 10.2. The highest BCUT2D eigenvalue weighted by Gasteiger charge is 2.19. The number of anilines is 1. The van der Waals surface area contributed by atoms with Gasteiger partial charge in [-0.2, -0.15) is 0 Å². The minimum absolute atomic E-state index is 0.463. The number of hydrogen-bond acceptors (Lipinski definition) is 4. The molecule has 1 fully saturated rings. The van der Waals surface area contributed by atoms with E-state index >= 15 is 0 Å². The van der Waals surface area contributed by atoms with Crippen LogP contribution < -0.4 is 15.0 Å². The predicted molar refractivity (Wildman–Crippen MR) is 125 cm³/mol. The smallest absolute Gasteiger partial charge is 0.194 e. The van der Waals surface area contributed by atoms with Gasteiger partial charge < -0.3 is 19.9 Å². The first-order chi connectivity index (χ1) is 15.3. The van der Waals surface area contributed by atoms with Crippen LogP contribution in [0.25, 0.3) is 0 Å². The van der Waals surface area contributed by atoms with E-state index in [1.165, 1.54) is 5.69 Å². The van der Waals surface area contributed by atoms with Crippen LogP contribution in [0.3, 0.4) is 0 Å². The molecule has 4 rings (SSSR count). The van der Waals surface area contributed by atoms with Crippen molar-refractivity contribution in [3.05, 3.63) is 90.3 Å². The zero-order valence-electron chi connectivity index (χ0n) is 17.9. The standard InChI is InChI=1S/C25H29N5O/c1-26-25(30-16-14-29(15-17-30)23-10-3-2-4-11-23)28-19-21-8-7-12-24(18-21)31-20-22-9-5-6-13-27-22/h2-13,18H,14-17,19-20H2,1H3,(H,26,28). The van der Waals surface area contributed by atoms with Gasteiger partial charge in [0, 0.05) is 51.7 Å². The summed E-state index contributed by atoms with van der Waals surface area (Å²) >= 11 is 0. The van der Waals surface area contributed by atoms with E-state index in [4.69, 9.17) is 4.74 Å². The Morgan fingerprint density at radius 1 is 0.968 bits per heavy atom. The molecule has 160 valence electrons. The summed E-state index contributed by atoms with van der Waals surface area (Å²) in [5, 5.41) is 3.50. The molecular weight excluding hydrogens is 386 g/mol. The summed E-state index contributed by atoms with van der Waals surface area (Å²) in [5.74, 6) is 1.78. The average molecular weight is 416 g/mol. The van der Waals surface area contributed by atoms with Crippen LogP contribution >= 0.6 is 0 Å². The molecule has 0 radical (unpaired) electrons. The summed E-state index contributed by atoms with van der Waals surface area (Å²) in [7, 11) is 1.85. The number of nitrogens with one attached hydrogen (secondary N) is 1. The number of rotatable bonds is 6. The van der Waals surface area contributed by atoms with Crippen LogP contribution in [-0.4, -0.2) is 49.1 Å². The van der Waals surface area contributed by atoms with Gasteiger partial charge in [-0.3, -0.25) is 9.98 Å². The fourth-order valence-electron chi connectivity index (χ4n) is 3.71. The summed E-state index contributed by atoms with van der Waals surface area (Å²) in [4.78, 5) is 13.5. The number of para-hydroxylation sites is 1. The zero-order chi connectivity index (χ0) is 21.3. The molecule has 2 aromatic carbocycles. The van der Waals surface area contributed by atoms with Crippen LogP contribution in [0.2, 0.25) is 0 Å². The number of piperazine rings is 1. The van der Waals surface area contributed by atoms with Crippen molar-refractivity contribution in [3.8, 4) is 5.75 Å². The van der Waals surface area contributed by atoms with Crippen molar-refractivity contribution in [2.24, 2.45) is 4.99 Å².